The summed E-state index contributed by atoms with van der Waals surface area (Å²) in [6.45, 7) is 3.06. The van der Waals surface area contributed by atoms with Crippen molar-refractivity contribution in [2.45, 2.75) is 13.3 Å². The lowest BCUT2D eigenvalue weighted by Crippen LogP contribution is -2.50. The van der Waals surface area contributed by atoms with E-state index in [0.717, 1.165) is 4.31 Å². The summed E-state index contributed by atoms with van der Waals surface area (Å²) in [7, 11) is -3.71. The van der Waals surface area contributed by atoms with Gasteiger partial charge in [-0.25, -0.2) is 12.7 Å². The number of carbonyl (C=O) groups is 3. The lowest BCUT2D eigenvalue weighted by Gasteiger charge is -2.34. The standard InChI is InChI=1S/C16H18ClN3O5S/c1-11(21)18-5-7-19(8-6-18)16(23)13-10-12(2-3-14(13)17)20-15(22)4-9-26(20,24)25/h2-3,10H,4-9H2,1H3. The van der Waals surface area contributed by atoms with Crippen molar-refractivity contribution in [3.05, 3.63) is 28.8 Å². The van der Waals surface area contributed by atoms with E-state index in [9.17, 15) is 22.8 Å². The van der Waals surface area contributed by atoms with Crippen molar-refractivity contribution >= 4 is 45.0 Å². The molecule has 0 aliphatic carbocycles. The summed E-state index contributed by atoms with van der Waals surface area (Å²) in [4.78, 5) is 39.3. The Morgan fingerprint density at radius 1 is 1.08 bits per heavy atom. The van der Waals surface area contributed by atoms with Crippen molar-refractivity contribution in [1.82, 2.24) is 9.80 Å². The molecular formula is C16H18ClN3O5S. The minimum atomic E-state index is -3.71. The molecule has 3 rings (SSSR count). The van der Waals surface area contributed by atoms with Crippen molar-refractivity contribution in [3.63, 3.8) is 0 Å². The highest BCUT2D eigenvalue weighted by Gasteiger charge is 2.37. The van der Waals surface area contributed by atoms with Crippen LogP contribution in [0.2, 0.25) is 5.02 Å². The summed E-state index contributed by atoms with van der Waals surface area (Å²) in [6.07, 6.45) is -0.0821. The molecule has 0 saturated carbocycles. The molecule has 2 aliphatic rings. The predicted molar refractivity (Wildman–Crippen MR) is 95.5 cm³/mol. The number of hydrogen-bond acceptors (Lipinski definition) is 5. The van der Waals surface area contributed by atoms with Gasteiger partial charge in [-0.2, -0.15) is 0 Å². The van der Waals surface area contributed by atoms with Gasteiger partial charge < -0.3 is 9.80 Å². The van der Waals surface area contributed by atoms with Crippen LogP contribution in [0.5, 0.6) is 0 Å². The van der Waals surface area contributed by atoms with Gasteiger partial charge in [0.15, 0.2) is 0 Å². The molecule has 0 radical (unpaired) electrons. The second kappa shape index (κ2) is 6.88. The van der Waals surface area contributed by atoms with E-state index in [4.69, 9.17) is 11.6 Å². The maximum Gasteiger partial charge on any atom is 0.255 e. The number of carbonyl (C=O) groups excluding carboxylic acids is 3. The molecule has 10 heteroatoms. The molecule has 2 aliphatic heterocycles. The third kappa shape index (κ3) is 3.41. The summed E-state index contributed by atoms with van der Waals surface area (Å²) in [5.41, 5.74) is 0.248. The minimum absolute atomic E-state index is 0.0464. The smallest absolute Gasteiger partial charge is 0.255 e. The molecule has 2 fully saturated rings. The van der Waals surface area contributed by atoms with E-state index in [2.05, 4.69) is 0 Å². The lowest BCUT2D eigenvalue weighted by atomic mass is 10.1. The van der Waals surface area contributed by atoms with Crippen LogP contribution < -0.4 is 4.31 Å². The van der Waals surface area contributed by atoms with Crippen LogP contribution in [-0.2, 0) is 19.6 Å². The number of benzene rings is 1. The van der Waals surface area contributed by atoms with Crippen LogP contribution >= 0.6 is 11.6 Å². The molecule has 2 heterocycles. The van der Waals surface area contributed by atoms with Gasteiger partial charge in [0.2, 0.25) is 21.8 Å². The molecule has 3 amide bonds. The van der Waals surface area contributed by atoms with Gasteiger partial charge in [-0.15, -0.1) is 0 Å². The van der Waals surface area contributed by atoms with E-state index in [-0.39, 0.29) is 40.3 Å². The van der Waals surface area contributed by atoms with Gasteiger partial charge in [-0.3, -0.25) is 14.4 Å². The van der Waals surface area contributed by atoms with Crippen LogP contribution in [0.25, 0.3) is 0 Å². The molecule has 0 atom stereocenters. The van der Waals surface area contributed by atoms with E-state index < -0.39 is 15.9 Å². The average Bonchev–Trinajstić information content (AvgIpc) is 2.88. The summed E-state index contributed by atoms with van der Waals surface area (Å²) < 4.78 is 24.9. The molecule has 0 spiro atoms. The number of piperazine rings is 1. The highest BCUT2D eigenvalue weighted by Crippen LogP contribution is 2.29. The third-order valence-corrected chi connectivity index (χ3v) is 6.53. The molecular weight excluding hydrogens is 382 g/mol. The van der Waals surface area contributed by atoms with E-state index in [1.807, 2.05) is 0 Å². The number of halogens is 1. The zero-order valence-electron chi connectivity index (χ0n) is 14.1. The van der Waals surface area contributed by atoms with Gasteiger partial charge in [-0.05, 0) is 18.2 Å². The van der Waals surface area contributed by atoms with Gasteiger partial charge >= 0.3 is 0 Å². The Labute approximate surface area is 156 Å². The summed E-state index contributed by atoms with van der Waals surface area (Å²) in [5.74, 6) is -1.18. The van der Waals surface area contributed by atoms with Crippen molar-refractivity contribution in [3.8, 4) is 0 Å². The fourth-order valence-electron chi connectivity index (χ4n) is 3.07. The van der Waals surface area contributed by atoms with E-state index >= 15 is 0 Å². The molecule has 0 bridgehead atoms. The first-order chi connectivity index (χ1) is 12.2. The first-order valence-electron chi connectivity index (χ1n) is 8.11. The summed E-state index contributed by atoms with van der Waals surface area (Å²) in [6, 6.07) is 4.16. The number of sulfonamides is 1. The zero-order valence-corrected chi connectivity index (χ0v) is 15.7. The Kier molecular flexibility index (Phi) is 4.94. The molecule has 1 aromatic carbocycles. The fourth-order valence-corrected chi connectivity index (χ4v) is 4.72. The van der Waals surface area contributed by atoms with Crippen LogP contribution in [0, 0.1) is 0 Å². The number of rotatable bonds is 2. The fraction of sp³-hybridized carbons (Fsp3) is 0.438. The Bertz CT molecular complexity index is 878. The maximum absolute atomic E-state index is 12.8. The second-order valence-electron chi connectivity index (χ2n) is 6.19. The van der Waals surface area contributed by atoms with Gasteiger partial charge in [0.25, 0.3) is 5.91 Å². The second-order valence-corrected chi connectivity index (χ2v) is 8.53. The first kappa shape index (κ1) is 18.7. The van der Waals surface area contributed by atoms with Crippen LogP contribution in [0.4, 0.5) is 5.69 Å². The van der Waals surface area contributed by atoms with Gasteiger partial charge in [0, 0.05) is 39.5 Å². The van der Waals surface area contributed by atoms with Gasteiger partial charge in [0.05, 0.1) is 22.0 Å². The Morgan fingerprint density at radius 2 is 1.69 bits per heavy atom. The molecule has 0 unspecified atom stereocenters. The lowest BCUT2D eigenvalue weighted by molar-refractivity contribution is -0.130. The molecule has 0 N–H and O–H groups in total. The first-order valence-corrected chi connectivity index (χ1v) is 10.1. The monoisotopic (exact) mass is 399 g/mol. The molecule has 0 aromatic heterocycles. The molecule has 26 heavy (non-hydrogen) atoms. The number of nitrogens with zero attached hydrogens (tertiary/aromatic N) is 3. The predicted octanol–water partition coefficient (Wildman–Crippen LogP) is 0.711. The van der Waals surface area contributed by atoms with Crippen molar-refractivity contribution in [1.29, 1.82) is 0 Å². The summed E-state index contributed by atoms with van der Waals surface area (Å²) >= 11 is 6.14. The average molecular weight is 400 g/mol. The highest BCUT2D eigenvalue weighted by molar-refractivity contribution is 7.94. The topological polar surface area (TPSA) is 95.1 Å². The summed E-state index contributed by atoms with van der Waals surface area (Å²) in [5, 5.41) is 0.178. The highest BCUT2D eigenvalue weighted by atomic mass is 35.5. The molecule has 140 valence electrons. The Balaban J connectivity index is 1.86. The van der Waals surface area contributed by atoms with Crippen molar-refractivity contribution in [2.24, 2.45) is 0 Å². The van der Waals surface area contributed by atoms with Crippen LogP contribution in [-0.4, -0.2) is 67.9 Å². The van der Waals surface area contributed by atoms with E-state index in [1.165, 1.54) is 25.1 Å². The van der Waals surface area contributed by atoms with Crippen molar-refractivity contribution in [2.75, 3.05) is 36.2 Å². The quantitative estimate of drug-likeness (QED) is 0.729. The maximum atomic E-state index is 12.8. The number of hydrogen-bond donors (Lipinski definition) is 0. The minimum Gasteiger partial charge on any atom is -0.339 e. The van der Waals surface area contributed by atoms with Gasteiger partial charge in [-0.1, -0.05) is 11.6 Å². The number of anilines is 1. The van der Waals surface area contributed by atoms with E-state index in [0.29, 0.717) is 26.2 Å². The van der Waals surface area contributed by atoms with Crippen molar-refractivity contribution < 1.29 is 22.8 Å². The van der Waals surface area contributed by atoms with Crippen LogP contribution in [0.15, 0.2) is 18.2 Å². The molecule has 2 saturated heterocycles. The molecule has 8 nitrogen and oxygen atoms in total. The zero-order chi connectivity index (χ0) is 19.1. The van der Waals surface area contributed by atoms with Crippen LogP contribution in [0.3, 0.4) is 0 Å². The van der Waals surface area contributed by atoms with Crippen LogP contribution in [0.1, 0.15) is 23.7 Å². The SMILES string of the molecule is CC(=O)N1CCN(C(=O)c2cc(N3C(=O)CCS3(=O)=O)ccc2Cl)CC1. The third-order valence-electron chi connectivity index (χ3n) is 4.51. The Morgan fingerprint density at radius 3 is 2.23 bits per heavy atom. The number of amides is 3. The largest absolute Gasteiger partial charge is 0.339 e. The molecule has 1 aromatic rings. The van der Waals surface area contributed by atoms with E-state index in [1.54, 1.807) is 9.80 Å². The van der Waals surface area contributed by atoms with Gasteiger partial charge in [0.1, 0.15) is 0 Å². The normalized spacial score (nSPS) is 19.8. The Hall–Kier alpha value is -2.13.